The van der Waals surface area contributed by atoms with Gasteiger partial charge >= 0.3 is 11.9 Å². The Morgan fingerprint density at radius 2 is 1.08 bits per heavy atom. The normalized spacial score (nSPS) is 14.6. The van der Waals surface area contributed by atoms with Gasteiger partial charge in [-0.25, -0.2) is 0 Å². The number of esters is 2. The third-order valence-electron chi connectivity index (χ3n) is 7.68. The third kappa shape index (κ3) is 38.7. The van der Waals surface area contributed by atoms with E-state index >= 15 is 0 Å². The summed E-state index contributed by atoms with van der Waals surface area (Å²) in [4.78, 5) is 37.3. The molecule has 0 saturated carbocycles. The Labute approximate surface area is 322 Å². The van der Waals surface area contributed by atoms with Crippen LogP contribution in [0.25, 0.3) is 0 Å². The molecule has 0 aliphatic carbocycles. The van der Waals surface area contributed by atoms with Gasteiger partial charge in [0, 0.05) is 12.8 Å². The molecule has 0 aromatic rings. The van der Waals surface area contributed by atoms with Gasteiger partial charge in [-0.2, -0.15) is 0 Å². The summed E-state index contributed by atoms with van der Waals surface area (Å²) in [6.45, 7) is 3.91. The topological polar surface area (TPSA) is 111 Å². The summed E-state index contributed by atoms with van der Waals surface area (Å²) < 4.78 is 33.6. The Kier molecular flexibility index (Phi) is 33.1. The van der Waals surface area contributed by atoms with Gasteiger partial charge in [-0.15, -0.1) is 0 Å². The van der Waals surface area contributed by atoms with Crippen molar-refractivity contribution in [1.82, 2.24) is 0 Å². The molecule has 0 amide bonds. The lowest BCUT2D eigenvalue weighted by atomic mass is 10.1. The molecule has 0 rings (SSSR count). The second-order valence-electron chi connectivity index (χ2n) is 13.9. The lowest BCUT2D eigenvalue weighted by Gasteiger charge is -2.28. The molecule has 0 fully saturated rings. The van der Waals surface area contributed by atoms with E-state index in [4.69, 9.17) is 18.5 Å². The molecule has 2 unspecified atom stereocenters. The van der Waals surface area contributed by atoms with Crippen LogP contribution in [0.5, 0.6) is 0 Å². The molecule has 0 N–H and O–H groups in total. The Morgan fingerprint density at radius 3 is 1.60 bits per heavy atom. The van der Waals surface area contributed by atoms with Crippen LogP contribution in [0, 0.1) is 0 Å². The largest absolute Gasteiger partial charge is 0.756 e. The van der Waals surface area contributed by atoms with E-state index in [2.05, 4.69) is 74.6 Å². The summed E-state index contributed by atoms with van der Waals surface area (Å²) in [5, 5.41) is 0. The summed E-state index contributed by atoms with van der Waals surface area (Å²) in [7, 11) is 1.08. The maximum atomic E-state index is 12.6. The van der Waals surface area contributed by atoms with Crippen LogP contribution < -0.4 is 4.89 Å². The van der Waals surface area contributed by atoms with Crippen molar-refractivity contribution in [1.29, 1.82) is 0 Å². The number of hydrogen-bond acceptors (Lipinski definition) is 8. The third-order valence-corrected chi connectivity index (χ3v) is 8.64. The smallest absolute Gasteiger partial charge is 0.306 e. The number of phosphoric acid groups is 1. The first-order valence-corrected chi connectivity index (χ1v) is 21.3. The minimum absolute atomic E-state index is 0.0555. The average Bonchev–Trinajstić information content (AvgIpc) is 3.10. The molecule has 0 saturated heterocycles. The van der Waals surface area contributed by atoms with Crippen molar-refractivity contribution in [3.8, 4) is 0 Å². The molecule has 0 radical (unpaired) electrons. The maximum absolute atomic E-state index is 12.6. The van der Waals surface area contributed by atoms with Crippen molar-refractivity contribution in [2.24, 2.45) is 0 Å². The van der Waals surface area contributed by atoms with E-state index in [9.17, 15) is 19.0 Å². The standard InChI is InChI=1S/C43H72NO8P/c1-6-8-10-12-14-16-18-20-21-22-24-25-27-29-31-33-35-42(45)49-39-41(40-51-53(47,48)50-38-37-44(3,4)5)52-43(46)36-34-32-30-28-26-23-19-17-15-13-11-9-7-2/h8,10,14,16,20-21,23-26,29-32,41H,6-7,9,11-13,15,17-19,22,27-28,33-40H2,1-5H3/b10-8+,16-14+,21-20+,25-24+,26-23+,31-29+,32-30+. The zero-order valence-electron chi connectivity index (χ0n) is 33.7. The van der Waals surface area contributed by atoms with Crippen LogP contribution in [0.15, 0.2) is 85.1 Å². The molecule has 0 aliphatic rings. The van der Waals surface area contributed by atoms with Crippen LogP contribution >= 0.6 is 7.82 Å². The Bertz CT molecular complexity index is 1180. The number of allylic oxidation sites excluding steroid dienone is 14. The summed E-state index contributed by atoms with van der Waals surface area (Å²) in [5.74, 6) is -1.02. The molecule has 2 atom stereocenters. The lowest BCUT2D eigenvalue weighted by Crippen LogP contribution is -2.37. The van der Waals surface area contributed by atoms with E-state index in [0.717, 1.165) is 44.9 Å². The van der Waals surface area contributed by atoms with Gasteiger partial charge in [0.25, 0.3) is 7.82 Å². The predicted molar refractivity (Wildman–Crippen MR) is 217 cm³/mol. The van der Waals surface area contributed by atoms with Crippen molar-refractivity contribution >= 4 is 19.8 Å². The first kappa shape index (κ1) is 50.2. The Morgan fingerprint density at radius 1 is 0.604 bits per heavy atom. The first-order valence-electron chi connectivity index (χ1n) is 19.8. The van der Waals surface area contributed by atoms with Crippen molar-refractivity contribution < 1.29 is 42.1 Å². The van der Waals surface area contributed by atoms with Gasteiger partial charge in [0.2, 0.25) is 0 Å². The first-order chi connectivity index (χ1) is 25.5. The Balaban J connectivity index is 4.64. The molecular weight excluding hydrogens is 689 g/mol. The van der Waals surface area contributed by atoms with Crippen LogP contribution in [-0.2, 0) is 32.7 Å². The van der Waals surface area contributed by atoms with E-state index in [1.54, 1.807) is 0 Å². The van der Waals surface area contributed by atoms with Gasteiger partial charge in [-0.1, -0.05) is 131 Å². The second kappa shape index (κ2) is 34.9. The zero-order chi connectivity index (χ0) is 39.3. The highest BCUT2D eigenvalue weighted by molar-refractivity contribution is 7.45. The summed E-state index contributed by atoms with van der Waals surface area (Å²) >= 11 is 0. The zero-order valence-corrected chi connectivity index (χ0v) is 34.6. The van der Waals surface area contributed by atoms with E-state index in [1.165, 1.54) is 38.5 Å². The fraction of sp³-hybridized carbons (Fsp3) is 0.628. The van der Waals surface area contributed by atoms with Gasteiger partial charge in [0.05, 0.1) is 27.7 Å². The van der Waals surface area contributed by atoms with E-state index in [1.807, 2.05) is 45.4 Å². The highest BCUT2D eigenvalue weighted by Crippen LogP contribution is 2.38. The molecular formula is C43H72NO8P. The van der Waals surface area contributed by atoms with Gasteiger partial charge in [-0.05, 0) is 64.2 Å². The number of rotatable bonds is 34. The van der Waals surface area contributed by atoms with Crippen molar-refractivity contribution in [3.05, 3.63) is 85.1 Å². The number of carbonyl (C=O) groups excluding carboxylic acids is 2. The van der Waals surface area contributed by atoms with Gasteiger partial charge < -0.3 is 27.9 Å². The molecule has 53 heavy (non-hydrogen) atoms. The molecule has 302 valence electrons. The highest BCUT2D eigenvalue weighted by Gasteiger charge is 2.21. The van der Waals surface area contributed by atoms with E-state index in [-0.39, 0.29) is 26.1 Å². The van der Waals surface area contributed by atoms with Crippen molar-refractivity contribution in [3.63, 3.8) is 0 Å². The van der Waals surface area contributed by atoms with Gasteiger partial charge in [-0.3, -0.25) is 14.2 Å². The van der Waals surface area contributed by atoms with Crippen molar-refractivity contribution in [2.75, 3.05) is 47.5 Å². The average molecular weight is 762 g/mol. The van der Waals surface area contributed by atoms with Crippen LogP contribution in [-0.4, -0.2) is 70.0 Å². The fourth-order valence-electron chi connectivity index (χ4n) is 4.58. The molecule has 9 nitrogen and oxygen atoms in total. The number of phosphoric ester groups is 1. The number of nitrogens with zero attached hydrogens (tertiary/aromatic N) is 1. The quantitative estimate of drug-likeness (QED) is 0.0210. The SMILES string of the molecule is CC/C=C/C/C=C/C/C=C/C/C=C/C/C=C/CCC(=O)OCC(COP(=O)([O-])OCC[N+](C)(C)C)OC(=O)CC/C=C/C/C=C/CCCCCCCC. The van der Waals surface area contributed by atoms with E-state index < -0.39 is 32.5 Å². The number of quaternary nitrogens is 1. The number of carbonyl (C=O) groups is 2. The molecule has 0 bridgehead atoms. The molecule has 0 spiro atoms. The molecule has 0 aliphatic heterocycles. The summed E-state index contributed by atoms with van der Waals surface area (Å²) in [6, 6.07) is 0. The molecule has 0 aromatic carbocycles. The van der Waals surface area contributed by atoms with E-state index in [0.29, 0.717) is 23.9 Å². The minimum atomic E-state index is -4.65. The lowest BCUT2D eigenvalue weighted by molar-refractivity contribution is -0.870. The summed E-state index contributed by atoms with van der Waals surface area (Å²) in [5.41, 5.74) is 0. The molecule has 0 aromatic heterocycles. The second-order valence-corrected chi connectivity index (χ2v) is 15.3. The number of ether oxygens (including phenoxy) is 2. The van der Waals surface area contributed by atoms with Gasteiger partial charge in [0.15, 0.2) is 6.10 Å². The molecule has 0 heterocycles. The maximum Gasteiger partial charge on any atom is 0.306 e. The van der Waals surface area contributed by atoms with Crippen LogP contribution in [0.3, 0.4) is 0 Å². The van der Waals surface area contributed by atoms with Crippen molar-refractivity contribution in [2.45, 2.75) is 129 Å². The highest BCUT2D eigenvalue weighted by atomic mass is 31.2. The molecule has 10 heteroatoms. The van der Waals surface area contributed by atoms with Crippen LogP contribution in [0.1, 0.15) is 123 Å². The summed E-state index contributed by atoms with van der Waals surface area (Å²) in [6.07, 6.45) is 43.6. The fourth-order valence-corrected chi connectivity index (χ4v) is 5.31. The number of likely N-dealkylation sites (N-methyl/N-ethyl adjacent to an activating group) is 1. The van der Waals surface area contributed by atoms with Gasteiger partial charge in [0.1, 0.15) is 19.8 Å². The predicted octanol–water partition coefficient (Wildman–Crippen LogP) is 10.2. The van der Waals surface area contributed by atoms with Crippen LogP contribution in [0.4, 0.5) is 0 Å². The van der Waals surface area contributed by atoms with Crippen LogP contribution in [0.2, 0.25) is 0 Å². The number of unbranched alkanes of at least 4 members (excludes halogenated alkanes) is 6. The Hall–Kier alpha value is -2.81. The monoisotopic (exact) mass is 761 g/mol. The minimum Gasteiger partial charge on any atom is -0.756 e. The number of hydrogen-bond donors (Lipinski definition) is 0.